The molecule has 0 saturated heterocycles. The minimum absolute atomic E-state index is 0.101. The SMILES string of the molecule is O=C(O)c1cc(Oc2ccc(F)cc2Cl)ccn1. The van der Waals surface area contributed by atoms with Crippen molar-refractivity contribution in [3.05, 3.63) is 53.1 Å². The molecule has 1 heterocycles. The number of hydrogen-bond acceptors (Lipinski definition) is 3. The zero-order valence-corrected chi connectivity index (χ0v) is 9.69. The van der Waals surface area contributed by atoms with Gasteiger partial charge in [0.15, 0.2) is 5.69 Å². The molecule has 1 N–H and O–H groups in total. The Labute approximate surface area is 107 Å². The number of nitrogens with zero attached hydrogens (tertiary/aromatic N) is 1. The van der Waals surface area contributed by atoms with E-state index in [4.69, 9.17) is 21.4 Å². The lowest BCUT2D eigenvalue weighted by atomic mass is 10.3. The van der Waals surface area contributed by atoms with Crippen molar-refractivity contribution in [3.63, 3.8) is 0 Å². The van der Waals surface area contributed by atoms with E-state index in [1.165, 1.54) is 30.5 Å². The van der Waals surface area contributed by atoms with Gasteiger partial charge in [0.2, 0.25) is 0 Å². The van der Waals surface area contributed by atoms with Crippen molar-refractivity contribution in [1.82, 2.24) is 4.98 Å². The Bertz CT molecular complexity index is 604. The van der Waals surface area contributed by atoms with E-state index in [0.717, 1.165) is 6.07 Å². The fourth-order valence-electron chi connectivity index (χ4n) is 1.28. The summed E-state index contributed by atoms with van der Waals surface area (Å²) in [4.78, 5) is 14.4. The number of pyridine rings is 1. The van der Waals surface area contributed by atoms with Crippen LogP contribution < -0.4 is 4.74 Å². The fourth-order valence-corrected chi connectivity index (χ4v) is 1.48. The van der Waals surface area contributed by atoms with Crippen LogP contribution in [0.5, 0.6) is 11.5 Å². The highest BCUT2D eigenvalue weighted by Gasteiger charge is 2.08. The number of halogens is 2. The molecule has 1 aromatic heterocycles. The van der Waals surface area contributed by atoms with E-state index in [0.29, 0.717) is 0 Å². The zero-order valence-electron chi connectivity index (χ0n) is 8.93. The van der Waals surface area contributed by atoms with Crippen LogP contribution in [0.1, 0.15) is 10.5 Å². The smallest absolute Gasteiger partial charge is 0.354 e. The number of carboxylic acid groups (broad SMARTS) is 1. The van der Waals surface area contributed by atoms with Crippen molar-refractivity contribution >= 4 is 17.6 Å². The van der Waals surface area contributed by atoms with Gasteiger partial charge < -0.3 is 9.84 Å². The maximum atomic E-state index is 12.8. The molecule has 18 heavy (non-hydrogen) atoms. The summed E-state index contributed by atoms with van der Waals surface area (Å²) >= 11 is 5.78. The number of carbonyl (C=O) groups is 1. The molecule has 0 fully saturated rings. The molecule has 0 atom stereocenters. The first kappa shape index (κ1) is 12.3. The molecule has 0 saturated carbocycles. The van der Waals surface area contributed by atoms with Gasteiger partial charge in [-0.15, -0.1) is 0 Å². The number of ether oxygens (including phenoxy) is 1. The molecule has 0 aliphatic rings. The lowest BCUT2D eigenvalue weighted by Gasteiger charge is -2.07. The van der Waals surface area contributed by atoms with E-state index in [1.807, 2.05) is 0 Å². The van der Waals surface area contributed by atoms with Gasteiger partial charge in [-0.2, -0.15) is 0 Å². The highest BCUT2D eigenvalue weighted by Crippen LogP contribution is 2.29. The monoisotopic (exact) mass is 267 g/mol. The topological polar surface area (TPSA) is 59.4 Å². The second-order valence-corrected chi connectivity index (χ2v) is 3.77. The van der Waals surface area contributed by atoms with Gasteiger partial charge in [0.25, 0.3) is 0 Å². The zero-order chi connectivity index (χ0) is 13.1. The lowest BCUT2D eigenvalue weighted by molar-refractivity contribution is 0.0690. The predicted octanol–water partition coefficient (Wildman–Crippen LogP) is 3.36. The van der Waals surface area contributed by atoms with E-state index < -0.39 is 11.8 Å². The van der Waals surface area contributed by atoms with E-state index in [9.17, 15) is 9.18 Å². The molecule has 92 valence electrons. The summed E-state index contributed by atoms with van der Waals surface area (Å²) in [6, 6.07) is 6.39. The predicted molar refractivity (Wildman–Crippen MR) is 62.7 cm³/mol. The highest BCUT2D eigenvalue weighted by molar-refractivity contribution is 6.32. The normalized spacial score (nSPS) is 10.1. The first-order valence-electron chi connectivity index (χ1n) is 4.88. The van der Waals surface area contributed by atoms with Crippen LogP contribution >= 0.6 is 11.6 Å². The van der Waals surface area contributed by atoms with Crippen LogP contribution in [0.25, 0.3) is 0 Å². The average molecular weight is 268 g/mol. The maximum absolute atomic E-state index is 12.8. The van der Waals surface area contributed by atoms with E-state index in [2.05, 4.69) is 4.98 Å². The van der Waals surface area contributed by atoms with Crippen LogP contribution in [-0.2, 0) is 0 Å². The van der Waals surface area contributed by atoms with Crippen LogP contribution in [0.3, 0.4) is 0 Å². The molecule has 0 spiro atoms. The van der Waals surface area contributed by atoms with Crippen LogP contribution in [0.4, 0.5) is 4.39 Å². The number of aromatic carboxylic acids is 1. The first-order valence-corrected chi connectivity index (χ1v) is 5.26. The molecule has 0 aliphatic carbocycles. The molecular weight excluding hydrogens is 261 g/mol. The summed E-state index contributed by atoms with van der Waals surface area (Å²) in [5.41, 5.74) is -0.147. The summed E-state index contributed by atoms with van der Waals surface area (Å²) in [6.07, 6.45) is 1.30. The van der Waals surface area contributed by atoms with Gasteiger partial charge in [-0.25, -0.2) is 14.2 Å². The highest BCUT2D eigenvalue weighted by atomic mass is 35.5. The van der Waals surface area contributed by atoms with Gasteiger partial charge >= 0.3 is 5.97 Å². The van der Waals surface area contributed by atoms with Crippen molar-refractivity contribution in [1.29, 1.82) is 0 Å². The Hall–Kier alpha value is -2.14. The lowest BCUT2D eigenvalue weighted by Crippen LogP contribution is -1.99. The number of aromatic nitrogens is 1. The van der Waals surface area contributed by atoms with Crippen LogP contribution in [0, 0.1) is 5.82 Å². The molecule has 0 aliphatic heterocycles. The minimum Gasteiger partial charge on any atom is -0.477 e. The first-order chi connectivity index (χ1) is 8.56. The molecule has 4 nitrogen and oxygen atoms in total. The van der Waals surface area contributed by atoms with Crippen molar-refractivity contribution in [2.45, 2.75) is 0 Å². The summed E-state index contributed by atoms with van der Waals surface area (Å²) in [6.45, 7) is 0. The third kappa shape index (κ3) is 2.75. The van der Waals surface area contributed by atoms with Gasteiger partial charge in [0.05, 0.1) is 5.02 Å². The summed E-state index contributed by atoms with van der Waals surface area (Å²) in [5, 5.41) is 8.87. The van der Waals surface area contributed by atoms with Gasteiger partial charge in [0.1, 0.15) is 17.3 Å². The number of hydrogen-bond donors (Lipinski definition) is 1. The molecule has 0 unspecified atom stereocenters. The third-order valence-electron chi connectivity index (χ3n) is 2.07. The van der Waals surface area contributed by atoms with Gasteiger partial charge in [-0.05, 0) is 24.3 Å². The molecule has 6 heteroatoms. The minimum atomic E-state index is -1.16. The molecule has 0 amide bonds. The average Bonchev–Trinajstić information content (AvgIpc) is 2.33. The van der Waals surface area contributed by atoms with Crippen LogP contribution in [-0.4, -0.2) is 16.1 Å². The van der Waals surface area contributed by atoms with Crippen molar-refractivity contribution in [3.8, 4) is 11.5 Å². The molecule has 2 rings (SSSR count). The Balaban J connectivity index is 2.28. The quantitative estimate of drug-likeness (QED) is 0.926. The summed E-state index contributed by atoms with van der Waals surface area (Å²) in [5.74, 6) is -1.14. The van der Waals surface area contributed by atoms with E-state index in [1.54, 1.807) is 0 Å². The van der Waals surface area contributed by atoms with Gasteiger partial charge in [0, 0.05) is 12.3 Å². The third-order valence-corrected chi connectivity index (χ3v) is 2.37. The van der Waals surface area contributed by atoms with E-state index in [-0.39, 0.29) is 22.2 Å². The van der Waals surface area contributed by atoms with Crippen molar-refractivity contribution in [2.24, 2.45) is 0 Å². The summed E-state index contributed by atoms with van der Waals surface area (Å²) in [7, 11) is 0. The van der Waals surface area contributed by atoms with Crippen LogP contribution in [0.2, 0.25) is 5.02 Å². The standard InChI is InChI=1S/C12H7ClFNO3/c13-9-5-7(14)1-2-11(9)18-8-3-4-15-10(6-8)12(16)17/h1-6H,(H,16,17). The molecule has 2 aromatic rings. The number of benzene rings is 1. The molecule has 1 aromatic carbocycles. The van der Waals surface area contributed by atoms with Crippen molar-refractivity contribution < 1.29 is 19.0 Å². The Morgan fingerprint density at radius 2 is 2.11 bits per heavy atom. The van der Waals surface area contributed by atoms with Crippen LogP contribution in [0.15, 0.2) is 36.5 Å². The molecule has 0 radical (unpaired) electrons. The Kier molecular flexibility index (Phi) is 3.43. The summed E-state index contributed by atoms with van der Waals surface area (Å²) < 4.78 is 18.2. The van der Waals surface area contributed by atoms with E-state index >= 15 is 0 Å². The van der Waals surface area contributed by atoms with Gasteiger partial charge in [-0.1, -0.05) is 11.6 Å². The fraction of sp³-hybridized carbons (Fsp3) is 0. The largest absolute Gasteiger partial charge is 0.477 e. The van der Waals surface area contributed by atoms with Gasteiger partial charge in [-0.3, -0.25) is 0 Å². The number of carboxylic acids is 1. The molecular formula is C12H7ClFNO3. The molecule has 0 bridgehead atoms. The maximum Gasteiger partial charge on any atom is 0.354 e. The van der Waals surface area contributed by atoms with Crippen molar-refractivity contribution in [2.75, 3.05) is 0 Å². The number of rotatable bonds is 3. The Morgan fingerprint density at radius 3 is 2.78 bits per heavy atom. The Morgan fingerprint density at radius 1 is 1.33 bits per heavy atom. The second kappa shape index (κ2) is 5.01. The second-order valence-electron chi connectivity index (χ2n) is 3.36.